The summed E-state index contributed by atoms with van der Waals surface area (Å²) in [6.07, 6.45) is 7.36. The predicted molar refractivity (Wildman–Crippen MR) is 115 cm³/mol. The van der Waals surface area contributed by atoms with E-state index in [1.807, 2.05) is 33.0 Å². The second-order valence-electron chi connectivity index (χ2n) is 9.09. The van der Waals surface area contributed by atoms with Gasteiger partial charge in [0.15, 0.2) is 0 Å². The topological polar surface area (TPSA) is 81.5 Å². The van der Waals surface area contributed by atoms with Crippen molar-refractivity contribution in [3.63, 3.8) is 0 Å². The number of amides is 1. The summed E-state index contributed by atoms with van der Waals surface area (Å²) in [5, 5.41) is 4.23. The van der Waals surface area contributed by atoms with E-state index in [9.17, 15) is 4.79 Å². The summed E-state index contributed by atoms with van der Waals surface area (Å²) in [6, 6.07) is 2.26. The summed E-state index contributed by atoms with van der Waals surface area (Å²) < 4.78 is 13.8. The van der Waals surface area contributed by atoms with Crippen LogP contribution < -0.4 is 5.32 Å². The number of hydrogen-bond acceptors (Lipinski definition) is 6. The van der Waals surface area contributed by atoms with Gasteiger partial charge in [-0.25, -0.2) is 14.8 Å². The quantitative estimate of drug-likeness (QED) is 0.720. The number of ether oxygens (including phenoxy) is 2. The fourth-order valence-corrected chi connectivity index (χ4v) is 4.53. The van der Waals surface area contributed by atoms with E-state index in [2.05, 4.69) is 24.8 Å². The second kappa shape index (κ2) is 8.69. The molecular weight excluding hydrogens is 406 g/mol. The Kier molecular flexibility index (Phi) is 6.18. The van der Waals surface area contributed by atoms with E-state index >= 15 is 0 Å². The van der Waals surface area contributed by atoms with Gasteiger partial charge < -0.3 is 19.4 Å². The molecule has 4 rings (SSSR count). The smallest absolute Gasteiger partial charge is 0.407 e. The number of nitrogens with zero attached hydrogens (tertiary/aromatic N) is 4. The standard InChI is InChI=1S/C21H30ClN5O3/c1-21(2,3)30-20(28)23-11-14-5-4-9-26(14)12-15-6-7-17(29-15)27-10-8-16-18(22)24-13-25-19(16)27/h8,10,13-15,17H,4-7,9,11-12H2,1-3H3,(H,23,28). The molecule has 30 heavy (non-hydrogen) atoms. The maximum atomic E-state index is 12.0. The molecule has 3 unspecified atom stereocenters. The summed E-state index contributed by atoms with van der Waals surface area (Å²) in [6.45, 7) is 8.11. The number of carbonyl (C=O) groups is 1. The number of fused-ring (bicyclic) bond motifs is 1. The molecule has 1 N–H and O–H groups in total. The van der Waals surface area contributed by atoms with E-state index in [1.54, 1.807) is 0 Å². The molecule has 0 aromatic carbocycles. The number of nitrogens with one attached hydrogen (secondary N) is 1. The molecular formula is C21H30ClN5O3. The third-order valence-electron chi connectivity index (χ3n) is 5.67. The van der Waals surface area contributed by atoms with Crippen molar-refractivity contribution in [1.29, 1.82) is 0 Å². The van der Waals surface area contributed by atoms with Crippen LogP contribution in [0.1, 0.15) is 52.7 Å². The number of aromatic nitrogens is 3. The highest BCUT2D eigenvalue weighted by molar-refractivity contribution is 6.33. The van der Waals surface area contributed by atoms with Crippen LogP contribution in [0.2, 0.25) is 5.15 Å². The third kappa shape index (κ3) is 4.87. The van der Waals surface area contributed by atoms with Gasteiger partial charge in [0.05, 0.1) is 11.5 Å². The van der Waals surface area contributed by atoms with Gasteiger partial charge in [-0.15, -0.1) is 0 Å². The molecule has 0 bridgehead atoms. The minimum Gasteiger partial charge on any atom is -0.444 e. The molecule has 2 aliphatic rings. The predicted octanol–water partition coefficient (Wildman–Crippen LogP) is 3.75. The maximum absolute atomic E-state index is 12.0. The van der Waals surface area contributed by atoms with Crippen LogP contribution in [0, 0.1) is 0 Å². The van der Waals surface area contributed by atoms with Gasteiger partial charge in [-0.05, 0) is 59.1 Å². The molecule has 9 heteroatoms. The van der Waals surface area contributed by atoms with Crippen LogP contribution in [-0.2, 0) is 9.47 Å². The molecule has 1 amide bonds. The van der Waals surface area contributed by atoms with E-state index in [-0.39, 0.29) is 18.4 Å². The molecule has 0 spiro atoms. The number of alkyl carbamates (subject to hydrolysis) is 1. The average molecular weight is 436 g/mol. The highest BCUT2D eigenvalue weighted by Crippen LogP contribution is 2.33. The molecule has 0 radical (unpaired) electrons. The molecule has 0 aliphatic carbocycles. The Hall–Kier alpha value is -1.90. The number of hydrogen-bond donors (Lipinski definition) is 1. The van der Waals surface area contributed by atoms with E-state index in [4.69, 9.17) is 21.1 Å². The maximum Gasteiger partial charge on any atom is 0.407 e. The highest BCUT2D eigenvalue weighted by Gasteiger charge is 2.33. The summed E-state index contributed by atoms with van der Waals surface area (Å²) in [7, 11) is 0. The first-order valence-corrected chi connectivity index (χ1v) is 11.0. The van der Waals surface area contributed by atoms with Gasteiger partial charge in [-0.3, -0.25) is 4.90 Å². The van der Waals surface area contributed by atoms with Crippen LogP contribution in [0.3, 0.4) is 0 Å². The first kappa shape index (κ1) is 21.3. The van der Waals surface area contributed by atoms with Crippen molar-refractivity contribution in [1.82, 2.24) is 24.8 Å². The van der Waals surface area contributed by atoms with Crippen molar-refractivity contribution < 1.29 is 14.3 Å². The van der Waals surface area contributed by atoms with E-state index in [0.29, 0.717) is 17.7 Å². The zero-order chi connectivity index (χ0) is 21.3. The van der Waals surface area contributed by atoms with Crippen LogP contribution in [0.25, 0.3) is 11.0 Å². The lowest BCUT2D eigenvalue weighted by Crippen LogP contribution is -2.44. The SMILES string of the molecule is CC(C)(C)OC(=O)NCC1CCCN1CC1CCC(n2ccc3c(Cl)ncnc32)O1. The summed E-state index contributed by atoms with van der Waals surface area (Å²) >= 11 is 6.17. The normalized spacial score (nSPS) is 25.1. The molecule has 4 heterocycles. The van der Waals surface area contributed by atoms with Crippen molar-refractivity contribution in [3.8, 4) is 0 Å². The Labute approximate surface area is 181 Å². The minimum absolute atomic E-state index is 0.0422. The largest absolute Gasteiger partial charge is 0.444 e. The van der Waals surface area contributed by atoms with Crippen LogP contribution in [0.15, 0.2) is 18.6 Å². The fraction of sp³-hybridized carbons (Fsp3) is 0.667. The molecule has 2 aromatic rings. The zero-order valence-electron chi connectivity index (χ0n) is 17.8. The van der Waals surface area contributed by atoms with Gasteiger partial charge in [0.2, 0.25) is 0 Å². The van der Waals surface area contributed by atoms with Crippen molar-refractivity contribution in [2.45, 2.75) is 70.4 Å². The van der Waals surface area contributed by atoms with E-state index in [1.165, 1.54) is 6.33 Å². The second-order valence-corrected chi connectivity index (χ2v) is 9.45. The molecule has 2 aliphatic heterocycles. The van der Waals surface area contributed by atoms with Crippen molar-refractivity contribution >= 4 is 28.7 Å². The van der Waals surface area contributed by atoms with Gasteiger partial charge in [-0.1, -0.05) is 11.6 Å². The fourth-order valence-electron chi connectivity index (χ4n) is 4.34. The lowest BCUT2D eigenvalue weighted by Gasteiger charge is -2.28. The van der Waals surface area contributed by atoms with Crippen LogP contribution in [0.5, 0.6) is 0 Å². The lowest BCUT2D eigenvalue weighted by molar-refractivity contribution is -0.0131. The molecule has 2 aromatic heterocycles. The van der Waals surface area contributed by atoms with Crippen LogP contribution >= 0.6 is 11.6 Å². The van der Waals surface area contributed by atoms with Gasteiger partial charge in [0.1, 0.15) is 29.0 Å². The van der Waals surface area contributed by atoms with E-state index < -0.39 is 5.60 Å². The summed E-state index contributed by atoms with van der Waals surface area (Å²) in [4.78, 5) is 22.8. The summed E-state index contributed by atoms with van der Waals surface area (Å²) in [5.74, 6) is 0. The zero-order valence-corrected chi connectivity index (χ0v) is 18.6. The molecule has 164 valence electrons. The Morgan fingerprint density at radius 2 is 2.17 bits per heavy atom. The van der Waals surface area contributed by atoms with Gasteiger partial charge >= 0.3 is 6.09 Å². The Morgan fingerprint density at radius 3 is 2.97 bits per heavy atom. The molecule has 8 nitrogen and oxygen atoms in total. The molecule has 0 saturated carbocycles. The molecule has 2 saturated heterocycles. The number of rotatable bonds is 5. The number of carbonyl (C=O) groups excluding carboxylic acids is 1. The van der Waals surface area contributed by atoms with Crippen LogP contribution in [-0.4, -0.2) is 62.9 Å². The minimum atomic E-state index is -0.482. The highest BCUT2D eigenvalue weighted by atomic mass is 35.5. The van der Waals surface area contributed by atoms with E-state index in [0.717, 1.165) is 49.8 Å². The van der Waals surface area contributed by atoms with Gasteiger partial charge in [-0.2, -0.15) is 0 Å². The lowest BCUT2D eigenvalue weighted by atomic mass is 10.2. The molecule has 2 fully saturated rings. The average Bonchev–Trinajstić information content (AvgIpc) is 3.39. The summed E-state index contributed by atoms with van der Waals surface area (Å²) in [5.41, 5.74) is 0.325. The Bertz CT molecular complexity index is 896. The number of likely N-dealkylation sites (tertiary alicyclic amines) is 1. The third-order valence-corrected chi connectivity index (χ3v) is 5.98. The molecule has 3 atom stereocenters. The van der Waals surface area contributed by atoms with Gasteiger partial charge in [0, 0.05) is 25.3 Å². The van der Waals surface area contributed by atoms with Crippen LogP contribution in [0.4, 0.5) is 4.79 Å². The Morgan fingerprint density at radius 1 is 1.33 bits per heavy atom. The monoisotopic (exact) mass is 435 g/mol. The van der Waals surface area contributed by atoms with Crippen molar-refractivity contribution in [2.24, 2.45) is 0 Å². The van der Waals surface area contributed by atoms with Crippen molar-refractivity contribution in [3.05, 3.63) is 23.7 Å². The Balaban J connectivity index is 1.31. The van der Waals surface area contributed by atoms with Crippen molar-refractivity contribution in [2.75, 3.05) is 19.6 Å². The number of halogens is 1. The van der Waals surface area contributed by atoms with Gasteiger partial charge in [0.25, 0.3) is 0 Å². The first-order chi connectivity index (χ1) is 14.3. The first-order valence-electron chi connectivity index (χ1n) is 10.6.